The Balaban J connectivity index is 0.000000233. The van der Waals surface area contributed by atoms with Crippen molar-refractivity contribution >= 4 is 36.7 Å². The Labute approximate surface area is 404 Å². The van der Waals surface area contributed by atoms with Gasteiger partial charge in [-0.1, -0.05) is 54.6 Å². The number of ether oxygens (including phenoxy) is 2. The van der Waals surface area contributed by atoms with Crippen LogP contribution in [-0.2, 0) is 25.7 Å². The number of pyridine rings is 1. The lowest BCUT2D eigenvalue weighted by Gasteiger charge is -2.27. The van der Waals surface area contributed by atoms with Gasteiger partial charge in [-0.15, -0.1) is 0 Å². The van der Waals surface area contributed by atoms with Crippen LogP contribution in [0.4, 0.5) is 9.59 Å². The van der Waals surface area contributed by atoms with Crippen LogP contribution in [0.2, 0.25) is 0 Å². The molecule has 3 heterocycles. The summed E-state index contributed by atoms with van der Waals surface area (Å²) in [6.07, 6.45) is 3.67. The first-order chi connectivity index (χ1) is 33.4. The number of hydroxylamine groups is 4. The second-order valence-corrected chi connectivity index (χ2v) is 17.4. The van der Waals surface area contributed by atoms with Crippen molar-refractivity contribution in [1.82, 2.24) is 34.7 Å². The van der Waals surface area contributed by atoms with Gasteiger partial charge in [0.25, 0.3) is 11.8 Å². The summed E-state index contributed by atoms with van der Waals surface area (Å²) in [4.78, 5) is 82.8. The second kappa shape index (κ2) is 22.0. The van der Waals surface area contributed by atoms with Crippen LogP contribution < -0.4 is 9.47 Å². The first-order valence-electron chi connectivity index (χ1n) is 21.9. The van der Waals surface area contributed by atoms with Crippen LogP contribution in [0.15, 0.2) is 122 Å². The summed E-state index contributed by atoms with van der Waals surface area (Å²) >= 11 is 0. The quantitative estimate of drug-likeness (QED) is 0.0447. The first-order valence-corrected chi connectivity index (χ1v) is 21.9. The number of likely N-dealkylation sites (N-methyl/N-ethyl adjacent to an activating group) is 1. The van der Waals surface area contributed by atoms with Crippen molar-refractivity contribution in [1.29, 1.82) is 10.5 Å². The molecule has 19 heteroatoms. The van der Waals surface area contributed by atoms with Crippen LogP contribution >= 0.6 is 0 Å². The number of amides is 8. The van der Waals surface area contributed by atoms with Crippen LogP contribution in [0.25, 0.3) is 22.3 Å². The topological polar surface area (TPSA) is 241 Å². The maximum absolute atomic E-state index is 13.2. The van der Waals surface area contributed by atoms with Crippen LogP contribution in [0, 0.1) is 22.7 Å². The highest BCUT2D eigenvalue weighted by Crippen LogP contribution is 2.31. The Morgan fingerprint density at radius 3 is 1.59 bits per heavy atom. The fraction of sp³-hybridized carbons (Fsp3) is 0.275. The second-order valence-electron chi connectivity index (χ2n) is 17.4. The molecule has 360 valence electrons. The fourth-order valence-electron chi connectivity index (χ4n) is 7.56. The van der Waals surface area contributed by atoms with E-state index in [2.05, 4.69) is 17.1 Å². The number of carbonyl (C=O) groups is 6. The smallest absolute Gasteiger partial charge is 0.328 e. The Morgan fingerprint density at radius 2 is 1.13 bits per heavy atom. The molecule has 19 nitrogen and oxygen atoms in total. The standard InChI is InChI=1S/C28H27N5O5.C23H24N4O5/c1-28(2)26(35)31(27(36)32(28)16-21-4-3-13-30-15-21)17-24(33(37)19-34)18-38-25-11-9-23(10-12-25)22-7-5-20(14-29)6-8-22;1-23(2)21(29)26(22(30)25(23)3)13-19(27(31)15-28)14-32-20-9-7-17(8-10-20)18-6-4-5-16(11-18)12-24/h3-13,15,19,24,37H,16-18H2,1-2H3;4-11,15,19,31H,13-14H2,1-3H3. The lowest BCUT2D eigenvalue weighted by atomic mass is 10.0. The van der Waals surface area contributed by atoms with E-state index in [1.54, 1.807) is 101 Å². The molecule has 2 saturated heterocycles. The molecule has 2 N–H and O–H groups in total. The van der Waals surface area contributed by atoms with E-state index in [4.69, 9.17) is 20.0 Å². The monoisotopic (exact) mass is 949 g/mol. The molecule has 2 aliphatic heterocycles. The summed E-state index contributed by atoms with van der Waals surface area (Å²) in [5, 5.41) is 39.0. The zero-order chi connectivity index (χ0) is 50.8. The summed E-state index contributed by atoms with van der Waals surface area (Å²) < 4.78 is 11.5. The number of benzene rings is 4. The number of hydrogen-bond donors (Lipinski definition) is 2. The molecular weight excluding hydrogens is 899 g/mol. The van der Waals surface area contributed by atoms with Gasteiger partial charge in [0.2, 0.25) is 12.8 Å². The van der Waals surface area contributed by atoms with Crippen molar-refractivity contribution in [3.05, 3.63) is 138 Å². The van der Waals surface area contributed by atoms with E-state index in [0.29, 0.717) is 32.8 Å². The summed E-state index contributed by atoms with van der Waals surface area (Å²) in [6, 6.07) is 33.4. The molecule has 2 fully saturated rings. The summed E-state index contributed by atoms with van der Waals surface area (Å²) in [5.41, 5.74) is 3.38. The molecular formula is C51H51N9O10. The lowest BCUT2D eigenvalue weighted by molar-refractivity contribution is -0.165. The van der Waals surface area contributed by atoms with Gasteiger partial charge in [0.1, 0.15) is 47.9 Å². The molecule has 2 aliphatic rings. The molecule has 0 radical (unpaired) electrons. The van der Waals surface area contributed by atoms with Crippen LogP contribution in [0.3, 0.4) is 0 Å². The third-order valence-corrected chi connectivity index (χ3v) is 12.1. The van der Waals surface area contributed by atoms with Crippen molar-refractivity contribution in [3.63, 3.8) is 0 Å². The highest BCUT2D eigenvalue weighted by molar-refractivity contribution is 6.07. The molecule has 0 saturated carbocycles. The number of nitriles is 2. The van der Waals surface area contributed by atoms with Gasteiger partial charge in [-0.3, -0.25) is 44.4 Å². The van der Waals surface area contributed by atoms with Crippen molar-refractivity contribution in [2.45, 2.75) is 57.4 Å². The minimum absolute atomic E-state index is 0.139. The molecule has 2 atom stereocenters. The number of imide groups is 2. The summed E-state index contributed by atoms with van der Waals surface area (Å²) in [5.74, 6) is 0.0935. The zero-order valence-corrected chi connectivity index (χ0v) is 39.1. The van der Waals surface area contributed by atoms with E-state index >= 15 is 0 Å². The predicted molar refractivity (Wildman–Crippen MR) is 251 cm³/mol. The number of hydrogen-bond acceptors (Lipinski definition) is 13. The average Bonchev–Trinajstić information content (AvgIpc) is 3.63. The number of nitrogens with zero attached hydrogens (tertiary/aromatic N) is 9. The molecule has 0 bridgehead atoms. The van der Waals surface area contributed by atoms with Gasteiger partial charge in [-0.2, -0.15) is 10.5 Å². The molecule has 70 heavy (non-hydrogen) atoms. The maximum atomic E-state index is 13.2. The predicted octanol–water partition coefficient (Wildman–Crippen LogP) is 5.95. The van der Waals surface area contributed by atoms with Crippen molar-refractivity contribution < 1.29 is 48.7 Å². The highest BCUT2D eigenvalue weighted by atomic mass is 16.5. The van der Waals surface area contributed by atoms with Crippen LogP contribution in [0.5, 0.6) is 11.5 Å². The maximum Gasteiger partial charge on any atom is 0.328 e. The number of aromatic nitrogens is 1. The first kappa shape index (κ1) is 50.8. The summed E-state index contributed by atoms with van der Waals surface area (Å²) in [7, 11) is 1.52. The Bertz CT molecular complexity index is 2780. The van der Waals surface area contributed by atoms with Crippen LogP contribution in [0.1, 0.15) is 44.4 Å². The van der Waals surface area contributed by atoms with Gasteiger partial charge in [-0.05, 0) is 110 Å². The molecule has 5 aromatic rings. The van der Waals surface area contributed by atoms with Gasteiger partial charge in [0.05, 0.1) is 42.9 Å². The number of rotatable bonds is 18. The van der Waals surface area contributed by atoms with E-state index in [-0.39, 0.29) is 45.7 Å². The molecule has 8 amide bonds. The summed E-state index contributed by atoms with van der Waals surface area (Å²) in [6.45, 7) is 5.99. The van der Waals surface area contributed by atoms with E-state index in [1.165, 1.54) is 16.8 Å². The number of urea groups is 2. The Morgan fingerprint density at radius 1 is 0.643 bits per heavy atom. The van der Waals surface area contributed by atoms with Crippen molar-refractivity contribution in [3.8, 4) is 45.9 Å². The van der Waals surface area contributed by atoms with Crippen LogP contribution in [-0.4, -0.2) is 138 Å². The third kappa shape index (κ3) is 11.4. The molecule has 0 aliphatic carbocycles. The average molecular weight is 950 g/mol. The van der Waals surface area contributed by atoms with Gasteiger partial charge in [0, 0.05) is 19.4 Å². The minimum atomic E-state index is -1.12. The molecule has 7 rings (SSSR count). The normalized spacial score (nSPS) is 15.6. The van der Waals surface area contributed by atoms with Crippen molar-refractivity contribution in [2.75, 3.05) is 33.4 Å². The zero-order valence-electron chi connectivity index (χ0n) is 39.1. The van der Waals surface area contributed by atoms with E-state index in [1.807, 2.05) is 48.5 Å². The molecule has 1 aromatic heterocycles. The fourth-order valence-corrected chi connectivity index (χ4v) is 7.56. The SMILES string of the molecule is CC1(C)C(=O)N(CC(COc2ccc(-c3ccc(C#N)cc3)cc2)N(O)C=O)C(=O)N1Cc1cccnc1.CN1C(=O)N(CC(COc2ccc(-c3cccc(C#N)c3)cc2)N(O)C=O)C(=O)C1(C)C. The molecule has 4 aromatic carbocycles. The van der Waals surface area contributed by atoms with Gasteiger partial charge in [0.15, 0.2) is 0 Å². The van der Waals surface area contributed by atoms with E-state index < -0.39 is 47.0 Å². The minimum Gasteiger partial charge on any atom is -0.491 e. The molecule has 0 spiro atoms. The van der Waals surface area contributed by atoms with Crippen molar-refractivity contribution in [2.24, 2.45) is 0 Å². The highest BCUT2D eigenvalue weighted by Gasteiger charge is 2.52. The molecule has 2 unspecified atom stereocenters. The van der Waals surface area contributed by atoms with E-state index in [0.717, 1.165) is 37.6 Å². The van der Waals surface area contributed by atoms with Gasteiger partial charge >= 0.3 is 12.1 Å². The largest absolute Gasteiger partial charge is 0.491 e. The van der Waals surface area contributed by atoms with Gasteiger partial charge in [-0.25, -0.2) is 19.7 Å². The van der Waals surface area contributed by atoms with E-state index in [9.17, 15) is 39.2 Å². The Hall–Kier alpha value is -8.65. The lowest BCUT2D eigenvalue weighted by Crippen LogP contribution is -2.48. The third-order valence-electron chi connectivity index (χ3n) is 12.1. The number of carbonyl (C=O) groups excluding carboxylic acids is 6. The Kier molecular flexibility index (Phi) is 15.9. The van der Waals surface area contributed by atoms with Gasteiger partial charge < -0.3 is 19.3 Å².